The van der Waals surface area contributed by atoms with Gasteiger partial charge in [0.05, 0.1) is 6.33 Å². The lowest BCUT2D eigenvalue weighted by atomic mass is 10.2. The minimum absolute atomic E-state index is 0.213. The Balaban J connectivity index is 1.63. The molecule has 1 heterocycles. The highest BCUT2D eigenvalue weighted by atomic mass is 16.6. The van der Waals surface area contributed by atoms with Crippen LogP contribution in [0, 0.1) is 0 Å². The highest BCUT2D eigenvalue weighted by molar-refractivity contribution is 5.68. The van der Waals surface area contributed by atoms with E-state index in [9.17, 15) is 4.79 Å². The van der Waals surface area contributed by atoms with Gasteiger partial charge < -0.3 is 20.4 Å². The summed E-state index contributed by atoms with van der Waals surface area (Å²) in [6.07, 6.45) is 7.23. The summed E-state index contributed by atoms with van der Waals surface area (Å²) in [5, 5.41) is 6.48. The van der Waals surface area contributed by atoms with Crippen molar-refractivity contribution in [2.45, 2.75) is 64.1 Å². The zero-order chi connectivity index (χ0) is 15.3. The van der Waals surface area contributed by atoms with Crippen molar-refractivity contribution in [2.24, 2.45) is 0 Å². The first-order valence-corrected chi connectivity index (χ1v) is 7.62. The van der Waals surface area contributed by atoms with Gasteiger partial charge in [-0.25, -0.2) is 9.78 Å². The summed E-state index contributed by atoms with van der Waals surface area (Å²) in [6, 6.07) is 0.678. The molecule has 2 atom stereocenters. The summed E-state index contributed by atoms with van der Waals surface area (Å²) in [7, 11) is 0. The molecule has 1 aliphatic carbocycles. The number of hydrogen-bond donors (Lipinski definition) is 3. The van der Waals surface area contributed by atoms with Gasteiger partial charge in [-0.3, -0.25) is 0 Å². The van der Waals surface area contributed by atoms with E-state index in [1.807, 2.05) is 27.0 Å². The first-order valence-electron chi connectivity index (χ1n) is 7.62. The van der Waals surface area contributed by atoms with Crippen LogP contribution < -0.4 is 10.6 Å². The summed E-state index contributed by atoms with van der Waals surface area (Å²) in [4.78, 5) is 18.8. The van der Waals surface area contributed by atoms with Crippen molar-refractivity contribution >= 4 is 6.09 Å². The molecule has 0 saturated heterocycles. The Kier molecular flexibility index (Phi) is 5.22. The molecule has 6 heteroatoms. The Morgan fingerprint density at radius 2 is 2.19 bits per heavy atom. The van der Waals surface area contributed by atoms with Crippen molar-refractivity contribution in [3.63, 3.8) is 0 Å². The Morgan fingerprint density at radius 3 is 2.86 bits per heavy atom. The zero-order valence-corrected chi connectivity index (χ0v) is 13.1. The van der Waals surface area contributed by atoms with Gasteiger partial charge in [0.15, 0.2) is 0 Å². The first-order chi connectivity index (χ1) is 9.92. The number of amides is 1. The molecule has 3 N–H and O–H groups in total. The third kappa shape index (κ3) is 5.75. The van der Waals surface area contributed by atoms with Gasteiger partial charge in [-0.2, -0.15) is 0 Å². The largest absolute Gasteiger partial charge is 0.444 e. The number of carbonyl (C=O) groups is 1. The molecule has 0 bridgehead atoms. The van der Waals surface area contributed by atoms with Crippen molar-refractivity contribution in [2.75, 3.05) is 6.54 Å². The summed E-state index contributed by atoms with van der Waals surface area (Å²) in [6.45, 7) is 6.55. The van der Waals surface area contributed by atoms with Gasteiger partial charge in [0, 0.05) is 36.9 Å². The topological polar surface area (TPSA) is 79.0 Å². The molecule has 0 spiro atoms. The molecule has 21 heavy (non-hydrogen) atoms. The third-order valence-corrected chi connectivity index (χ3v) is 3.54. The Morgan fingerprint density at radius 1 is 1.43 bits per heavy atom. The number of nitrogens with zero attached hydrogens (tertiary/aromatic N) is 1. The predicted octanol–water partition coefficient (Wildman–Crippen LogP) is 1.99. The summed E-state index contributed by atoms with van der Waals surface area (Å²) in [5.41, 5.74) is 0.702. The van der Waals surface area contributed by atoms with Gasteiger partial charge in [0.1, 0.15) is 5.60 Å². The number of nitrogens with one attached hydrogen (secondary N) is 3. The van der Waals surface area contributed by atoms with E-state index in [-0.39, 0.29) is 12.1 Å². The van der Waals surface area contributed by atoms with Gasteiger partial charge in [0.25, 0.3) is 0 Å². The average Bonchev–Trinajstić information content (AvgIpc) is 2.98. The molecule has 118 valence electrons. The van der Waals surface area contributed by atoms with Crippen molar-refractivity contribution in [1.29, 1.82) is 0 Å². The molecule has 1 aromatic heterocycles. The maximum atomic E-state index is 11.7. The zero-order valence-electron chi connectivity index (χ0n) is 13.1. The summed E-state index contributed by atoms with van der Waals surface area (Å²) >= 11 is 0. The van der Waals surface area contributed by atoms with Crippen LogP contribution in [0.1, 0.15) is 45.7 Å². The van der Waals surface area contributed by atoms with Crippen molar-refractivity contribution in [1.82, 2.24) is 20.6 Å². The van der Waals surface area contributed by atoms with Crippen LogP contribution in [0.5, 0.6) is 0 Å². The van der Waals surface area contributed by atoms with Crippen LogP contribution in [-0.4, -0.2) is 40.3 Å². The molecule has 6 nitrogen and oxygen atoms in total. The normalized spacial score (nSPS) is 22.2. The Hall–Kier alpha value is -1.56. The molecule has 1 aromatic rings. The van der Waals surface area contributed by atoms with E-state index in [4.69, 9.17) is 4.74 Å². The molecule has 0 aliphatic heterocycles. The van der Waals surface area contributed by atoms with E-state index in [0.717, 1.165) is 37.9 Å². The maximum absolute atomic E-state index is 11.7. The lowest BCUT2D eigenvalue weighted by Gasteiger charge is -2.21. The fourth-order valence-corrected chi connectivity index (χ4v) is 2.60. The molecule has 1 amide bonds. The molecular formula is C15H26N4O2. The second-order valence-corrected chi connectivity index (χ2v) is 6.63. The number of aromatic nitrogens is 2. The SMILES string of the molecule is CC(C)(C)OC(=O)NC1CCC(NCCc2cnc[nH]2)C1. The van der Waals surface area contributed by atoms with Crippen LogP contribution in [0.2, 0.25) is 0 Å². The molecular weight excluding hydrogens is 268 g/mol. The number of ether oxygens (including phenoxy) is 1. The number of H-pyrrole nitrogens is 1. The number of aromatic amines is 1. The highest BCUT2D eigenvalue weighted by Gasteiger charge is 2.27. The monoisotopic (exact) mass is 294 g/mol. The molecule has 2 rings (SSSR count). The first kappa shape index (κ1) is 15.8. The quantitative estimate of drug-likeness (QED) is 0.776. The van der Waals surface area contributed by atoms with E-state index in [1.54, 1.807) is 6.33 Å². The van der Waals surface area contributed by atoms with Crippen LogP contribution in [-0.2, 0) is 11.2 Å². The summed E-state index contributed by atoms with van der Waals surface area (Å²) < 4.78 is 5.28. The van der Waals surface area contributed by atoms with E-state index >= 15 is 0 Å². The third-order valence-electron chi connectivity index (χ3n) is 3.54. The van der Waals surface area contributed by atoms with Gasteiger partial charge in [0.2, 0.25) is 0 Å². The molecule has 1 aliphatic rings. The number of alkyl carbamates (subject to hydrolysis) is 1. The fourth-order valence-electron chi connectivity index (χ4n) is 2.60. The minimum Gasteiger partial charge on any atom is -0.444 e. The van der Waals surface area contributed by atoms with Gasteiger partial charge in [-0.05, 0) is 40.0 Å². The minimum atomic E-state index is -0.440. The highest BCUT2D eigenvalue weighted by Crippen LogP contribution is 2.19. The van der Waals surface area contributed by atoms with Gasteiger partial charge in [-0.1, -0.05) is 0 Å². The second kappa shape index (κ2) is 6.93. The van der Waals surface area contributed by atoms with E-state index < -0.39 is 5.60 Å². The predicted molar refractivity (Wildman–Crippen MR) is 81.1 cm³/mol. The molecule has 0 aromatic carbocycles. The van der Waals surface area contributed by atoms with Crippen molar-refractivity contribution in [3.05, 3.63) is 18.2 Å². The molecule has 1 fully saturated rings. The van der Waals surface area contributed by atoms with E-state index in [0.29, 0.717) is 6.04 Å². The van der Waals surface area contributed by atoms with Crippen LogP contribution in [0.25, 0.3) is 0 Å². The molecule has 0 radical (unpaired) electrons. The van der Waals surface area contributed by atoms with E-state index in [2.05, 4.69) is 20.6 Å². The second-order valence-electron chi connectivity index (χ2n) is 6.63. The average molecular weight is 294 g/mol. The Bertz CT molecular complexity index is 439. The summed E-state index contributed by atoms with van der Waals surface area (Å²) in [5.74, 6) is 0. The maximum Gasteiger partial charge on any atom is 0.407 e. The standard InChI is InChI=1S/C15H26N4O2/c1-15(2,3)21-14(20)19-12-5-4-11(8-12)17-7-6-13-9-16-10-18-13/h9-12,17H,4-8H2,1-3H3,(H,16,18)(H,19,20). The van der Waals surface area contributed by atoms with Crippen molar-refractivity contribution in [3.8, 4) is 0 Å². The molecule has 2 unspecified atom stereocenters. The number of rotatable bonds is 5. The van der Waals surface area contributed by atoms with Crippen LogP contribution >= 0.6 is 0 Å². The van der Waals surface area contributed by atoms with E-state index in [1.165, 1.54) is 0 Å². The number of hydrogen-bond acceptors (Lipinski definition) is 4. The van der Waals surface area contributed by atoms with Crippen LogP contribution in [0.15, 0.2) is 12.5 Å². The lowest BCUT2D eigenvalue weighted by Crippen LogP contribution is -2.39. The fraction of sp³-hybridized carbons (Fsp3) is 0.733. The smallest absolute Gasteiger partial charge is 0.407 e. The van der Waals surface area contributed by atoms with Crippen LogP contribution in [0.3, 0.4) is 0 Å². The molecule has 1 saturated carbocycles. The number of carbonyl (C=O) groups excluding carboxylic acids is 1. The number of imidazole rings is 1. The van der Waals surface area contributed by atoms with Crippen molar-refractivity contribution < 1.29 is 9.53 Å². The Labute approximate surface area is 126 Å². The van der Waals surface area contributed by atoms with Gasteiger partial charge >= 0.3 is 6.09 Å². The van der Waals surface area contributed by atoms with Gasteiger partial charge in [-0.15, -0.1) is 0 Å². The van der Waals surface area contributed by atoms with Crippen LogP contribution in [0.4, 0.5) is 4.79 Å². The lowest BCUT2D eigenvalue weighted by molar-refractivity contribution is 0.0505.